The van der Waals surface area contributed by atoms with Crippen LogP contribution in [0.4, 0.5) is 0 Å². The number of rotatable bonds is 5. The van der Waals surface area contributed by atoms with Gasteiger partial charge >= 0.3 is 0 Å². The predicted octanol–water partition coefficient (Wildman–Crippen LogP) is 1.13. The smallest absolute Gasteiger partial charge is 0.224 e. The summed E-state index contributed by atoms with van der Waals surface area (Å²) >= 11 is 0. The molecule has 5 nitrogen and oxygen atoms in total. The second-order valence-corrected chi connectivity index (χ2v) is 7.90. The highest BCUT2D eigenvalue weighted by Crippen LogP contribution is 2.22. The first-order valence-corrected chi connectivity index (χ1v) is 8.81. The van der Waals surface area contributed by atoms with E-state index >= 15 is 0 Å². The van der Waals surface area contributed by atoms with Gasteiger partial charge in [0, 0.05) is 63.3 Å². The lowest BCUT2D eigenvalue weighted by Gasteiger charge is -2.37. The number of piperazine rings is 1. The lowest BCUT2D eigenvalue weighted by atomic mass is 10.0. The van der Waals surface area contributed by atoms with E-state index in [1.807, 2.05) is 18.7 Å². The van der Waals surface area contributed by atoms with Crippen molar-refractivity contribution >= 4 is 5.91 Å². The van der Waals surface area contributed by atoms with E-state index in [0.717, 1.165) is 51.4 Å². The molecule has 0 aromatic heterocycles. The third-order valence-corrected chi connectivity index (χ3v) is 5.14. The Balaban J connectivity index is 1.70. The van der Waals surface area contributed by atoms with Gasteiger partial charge in [-0.15, -0.1) is 0 Å². The number of nitrogens with zero attached hydrogens (tertiary/aromatic N) is 3. The van der Waals surface area contributed by atoms with Crippen molar-refractivity contribution in [1.29, 1.82) is 0 Å². The van der Waals surface area contributed by atoms with Gasteiger partial charge in [-0.1, -0.05) is 0 Å². The highest BCUT2D eigenvalue weighted by Gasteiger charge is 2.28. The Labute approximate surface area is 135 Å². The molecule has 2 rings (SSSR count). The van der Waals surface area contributed by atoms with E-state index in [4.69, 9.17) is 5.73 Å². The Morgan fingerprint density at radius 3 is 2.09 bits per heavy atom. The van der Waals surface area contributed by atoms with Crippen LogP contribution >= 0.6 is 0 Å². The van der Waals surface area contributed by atoms with Crippen LogP contribution in [0.25, 0.3) is 0 Å². The van der Waals surface area contributed by atoms with E-state index in [0.29, 0.717) is 6.42 Å². The summed E-state index contributed by atoms with van der Waals surface area (Å²) in [5.41, 5.74) is 5.54. The minimum Gasteiger partial charge on any atom is -0.340 e. The lowest BCUT2D eigenvalue weighted by molar-refractivity contribution is -0.134. The van der Waals surface area contributed by atoms with Crippen molar-refractivity contribution in [3.63, 3.8) is 0 Å². The number of hydrogen-bond donors (Lipinski definition) is 1. The summed E-state index contributed by atoms with van der Waals surface area (Å²) in [5, 5.41) is 0. The summed E-state index contributed by atoms with van der Waals surface area (Å²) in [7, 11) is 0. The first-order chi connectivity index (χ1) is 10.3. The maximum atomic E-state index is 12.2. The summed E-state index contributed by atoms with van der Waals surface area (Å²) < 4.78 is 0. The molecule has 0 aromatic carbocycles. The quantitative estimate of drug-likeness (QED) is 0.827. The largest absolute Gasteiger partial charge is 0.340 e. The van der Waals surface area contributed by atoms with Crippen LogP contribution in [0, 0.1) is 0 Å². The van der Waals surface area contributed by atoms with Crippen LogP contribution < -0.4 is 5.73 Å². The van der Waals surface area contributed by atoms with E-state index in [-0.39, 0.29) is 5.91 Å². The molecule has 0 aromatic rings. The molecule has 128 valence electrons. The molecule has 0 radical (unpaired) electrons. The monoisotopic (exact) mass is 310 g/mol. The fourth-order valence-corrected chi connectivity index (χ4v) is 3.67. The van der Waals surface area contributed by atoms with Gasteiger partial charge in [-0.25, -0.2) is 0 Å². The van der Waals surface area contributed by atoms with Crippen LogP contribution in [0.1, 0.15) is 47.0 Å². The molecule has 0 saturated carbocycles. The number of nitrogens with two attached hydrogens (primary N) is 1. The summed E-state index contributed by atoms with van der Waals surface area (Å²) in [6.45, 7) is 14.5. The van der Waals surface area contributed by atoms with Crippen molar-refractivity contribution in [1.82, 2.24) is 14.7 Å². The summed E-state index contributed by atoms with van der Waals surface area (Å²) in [6, 6.07) is 1.45. The Bertz CT molecular complexity index is 361. The number of hydrogen-bond acceptors (Lipinski definition) is 4. The number of carbonyl (C=O) groups excluding carboxylic acids is 1. The maximum Gasteiger partial charge on any atom is 0.224 e. The van der Waals surface area contributed by atoms with Crippen molar-refractivity contribution in [2.45, 2.75) is 64.6 Å². The fourth-order valence-electron chi connectivity index (χ4n) is 3.67. The number of amides is 1. The van der Waals surface area contributed by atoms with E-state index in [1.54, 1.807) is 0 Å². The van der Waals surface area contributed by atoms with Gasteiger partial charge in [-0.3, -0.25) is 14.6 Å². The van der Waals surface area contributed by atoms with E-state index in [9.17, 15) is 4.79 Å². The third-order valence-electron chi connectivity index (χ3n) is 5.14. The molecule has 2 aliphatic rings. The summed E-state index contributed by atoms with van der Waals surface area (Å²) in [4.78, 5) is 19.3. The van der Waals surface area contributed by atoms with Gasteiger partial charge in [0.15, 0.2) is 0 Å². The first kappa shape index (κ1) is 17.7. The highest BCUT2D eigenvalue weighted by atomic mass is 16.2. The SMILES string of the molecule is C[C@@H]1CC[C@@H](C)N1CCN1CCN(C(=O)CC(C)(C)N)CC1. The van der Waals surface area contributed by atoms with Gasteiger partial charge < -0.3 is 10.6 Å². The number of carbonyl (C=O) groups is 1. The molecule has 0 aliphatic carbocycles. The maximum absolute atomic E-state index is 12.2. The zero-order valence-corrected chi connectivity index (χ0v) is 14.8. The van der Waals surface area contributed by atoms with Gasteiger partial charge in [0.2, 0.25) is 5.91 Å². The molecule has 2 aliphatic heterocycles. The fraction of sp³-hybridized carbons (Fsp3) is 0.941. The molecule has 2 N–H and O–H groups in total. The van der Waals surface area contributed by atoms with E-state index < -0.39 is 5.54 Å². The van der Waals surface area contributed by atoms with Crippen LogP contribution in [0.15, 0.2) is 0 Å². The van der Waals surface area contributed by atoms with Gasteiger partial charge in [0.1, 0.15) is 0 Å². The zero-order chi connectivity index (χ0) is 16.3. The van der Waals surface area contributed by atoms with Gasteiger partial charge in [-0.05, 0) is 40.5 Å². The van der Waals surface area contributed by atoms with Crippen molar-refractivity contribution in [3.8, 4) is 0 Å². The average Bonchev–Trinajstić information content (AvgIpc) is 2.74. The van der Waals surface area contributed by atoms with Crippen molar-refractivity contribution in [3.05, 3.63) is 0 Å². The summed E-state index contributed by atoms with van der Waals surface area (Å²) in [6.07, 6.45) is 3.10. The van der Waals surface area contributed by atoms with Crippen LogP contribution in [0.3, 0.4) is 0 Å². The Morgan fingerprint density at radius 2 is 1.59 bits per heavy atom. The first-order valence-electron chi connectivity index (χ1n) is 8.81. The van der Waals surface area contributed by atoms with Crippen molar-refractivity contribution < 1.29 is 4.79 Å². The zero-order valence-electron chi connectivity index (χ0n) is 14.8. The van der Waals surface area contributed by atoms with Gasteiger partial charge in [0.05, 0.1) is 0 Å². The van der Waals surface area contributed by atoms with Crippen LogP contribution in [0.5, 0.6) is 0 Å². The standard InChI is InChI=1S/C17H34N4O/c1-14-5-6-15(2)21(14)12-9-19-7-10-20(11-8-19)16(22)13-17(3,4)18/h14-15H,5-13,18H2,1-4H3/t14-,15-/m1/s1. The molecule has 0 spiro atoms. The lowest BCUT2D eigenvalue weighted by Crippen LogP contribution is -2.52. The van der Waals surface area contributed by atoms with E-state index in [2.05, 4.69) is 23.6 Å². The molecule has 5 heteroatoms. The second-order valence-electron chi connectivity index (χ2n) is 7.90. The molecule has 1 amide bonds. The minimum atomic E-state index is -0.407. The Morgan fingerprint density at radius 1 is 1.05 bits per heavy atom. The molecule has 22 heavy (non-hydrogen) atoms. The van der Waals surface area contributed by atoms with Gasteiger partial charge in [-0.2, -0.15) is 0 Å². The average molecular weight is 310 g/mol. The van der Waals surface area contributed by atoms with Gasteiger partial charge in [0.25, 0.3) is 0 Å². The highest BCUT2D eigenvalue weighted by molar-refractivity contribution is 5.77. The van der Waals surface area contributed by atoms with Crippen LogP contribution in [-0.4, -0.2) is 77.5 Å². The second kappa shape index (κ2) is 7.28. The molecule has 2 saturated heterocycles. The number of likely N-dealkylation sites (tertiary alicyclic amines) is 1. The Hall–Kier alpha value is -0.650. The molecule has 0 unspecified atom stereocenters. The molecular weight excluding hydrogens is 276 g/mol. The normalized spacial score (nSPS) is 28.3. The molecule has 2 heterocycles. The topological polar surface area (TPSA) is 52.8 Å². The molecular formula is C17H34N4O. The third kappa shape index (κ3) is 4.93. The van der Waals surface area contributed by atoms with Crippen LogP contribution in [-0.2, 0) is 4.79 Å². The van der Waals surface area contributed by atoms with Crippen molar-refractivity contribution in [2.24, 2.45) is 5.73 Å². The molecule has 2 fully saturated rings. The molecule has 0 bridgehead atoms. The van der Waals surface area contributed by atoms with Crippen LogP contribution in [0.2, 0.25) is 0 Å². The van der Waals surface area contributed by atoms with E-state index in [1.165, 1.54) is 12.8 Å². The molecule has 2 atom stereocenters. The van der Waals surface area contributed by atoms with Crippen molar-refractivity contribution in [2.75, 3.05) is 39.3 Å². The minimum absolute atomic E-state index is 0.203. The predicted molar refractivity (Wildman–Crippen MR) is 90.8 cm³/mol. The Kier molecular flexibility index (Phi) is 5.86. The summed E-state index contributed by atoms with van der Waals surface area (Å²) in [5.74, 6) is 0.203.